The molecule has 2 aromatic rings. The smallest absolute Gasteiger partial charge is 0.161 e. The summed E-state index contributed by atoms with van der Waals surface area (Å²) >= 11 is 0. The molecule has 0 unspecified atom stereocenters. The molecular weight excluding hydrogens is 288 g/mol. The Bertz CT molecular complexity index is 660. The first-order valence-electron chi connectivity index (χ1n) is 8.43. The Labute approximate surface area is 137 Å². The lowest BCUT2D eigenvalue weighted by molar-refractivity contribution is 0.139. The van der Waals surface area contributed by atoms with Gasteiger partial charge in [-0.25, -0.2) is 0 Å². The van der Waals surface area contributed by atoms with Crippen LogP contribution in [0, 0.1) is 0 Å². The van der Waals surface area contributed by atoms with E-state index in [9.17, 15) is 0 Å². The van der Waals surface area contributed by atoms with Gasteiger partial charge in [-0.3, -0.25) is 9.88 Å². The van der Waals surface area contributed by atoms with Crippen LogP contribution < -0.4 is 9.47 Å². The Hall–Kier alpha value is -2.07. The Morgan fingerprint density at radius 2 is 2.00 bits per heavy atom. The van der Waals surface area contributed by atoms with Gasteiger partial charge in [-0.1, -0.05) is 18.6 Å². The number of aromatic nitrogens is 1. The third-order valence-electron chi connectivity index (χ3n) is 4.68. The van der Waals surface area contributed by atoms with E-state index in [1.54, 1.807) is 0 Å². The molecule has 3 heterocycles. The predicted molar refractivity (Wildman–Crippen MR) is 88.7 cm³/mol. The SMILES string of the molecule is c1cncc([C@H]2CCCCN2Cc2ccc3c(c2)OCCO3)c1. The monoisotopic (exact) mass is 310 g/mol. The standard InChI is InChI=1S/C19H22N2O2/c1-2-9-21(17(5-1)16-4-3-8-20-13-16)14-15-6-7-18-19(12-15)23-11-10-22-18/h3-4,6-8,12-13,17H,1-2,5,9-11,14H2/t17-/m1/s1. The lowest BCUT2D eigenvalue weighted by Gasteiger charge is -2.36. The van der Waals surface area contributed by atoms with E-state index in [1.165, 1.54) is 30.4 Å². The third-order valence-corrected chi connectivity index (χ3v) is 4.68. The molecule has 0 bridgehead atoms. The average Bonchev–Trinajstić information content (AvgIpc) is 2.63. The fourth-order valence-electron chi connectivity index (χ4n) is 3.55. The van der Waals surface area contributed by atoms with Crippen molar-refractivity contribution in [3.63, 3.8) is 0 Å². The number of rotatable bonds is 3. The van der Waals surface area contributed by atoms with Gasteiger partial charge in [0, 0.05) is 25.0 Å². The van der Waals surface area contributed by atoms with Crippen molar-refractivity contribution in [2.75, 3.05) is 19.8 Å². The van der Waals surface area contributed by atoms with E-state index in [2.05, 4.69) is 28.1 Å². The van der Waals surface area contributed by atoms with Crippen molar-refractivity contribution in [3.05, 3.63) is 53.9 Å². The molecule has 0 spiro atoms. The maximum atomic E-state index is 5.71. The number of hydrogen-bond donors (Lipinski definition) is 0. The maximum absolute atomic E-state index is 5.71. The highest BCUT2D eigenvalue weighted by Crippen LogP contribution is 2.34. The van der Waals surface area contributed by atoms with Gasteiger partial charge in [0.1, 0.15) is 13.2 Å². The fourth-order valence-corrected chi connectivity index (χ4v) is 3.55. The summed E-state index contributed by atoms with van der Waals surface area (Å²) in [6, 6.07) is 11.0. The van der Waals surface area contributed by atoms with Gasteiger partial charge in [0.25, 0.3) is 0 Å². The second kappa shape index (κ2) is 6.59. The minimum atomic E-state index is 0.464. The van der Waals surface area contributed by atoms with Crippen LogP contribution in [-0.4, -0.2) is 29.6 Å². The Balaban J connectivity index is 1.54. The zero-order valence-corrected chi connectivity index (χ0v) is 13.3. The summed E-state index contributed by atoms with van der Waals surface area (Å²) in [6.07, 6.45) is 7.61. The predicted octanol–water partition coefficient (Wildman–Crippen LogP) is 3.58. The van der Waals surface area contributed by atoms with E-state index in [4.69, 9.17) is 9.47 Å². The van der Waals surface area contributed by atoms with E-state index in [-0.39, 0.29) is 0 Å². The highest BCUT2D eigenvalue weighted by Gasteiger charge is 2.24. The van der Waals surface area contributed by atoms with E-state index < -0.39 is 0 Å². The van der Waals surface area contributed by atoms with Gasteiger partial charge >= 0.3 is 0 Å². The topological polar surface area (TPSA) is 34.6 Å². The van der Waals surface area contributed by atoms with Crippen molar-refractivity contribution in [1.82, 2.24) is 9.88 Å². The Kier molecular flexibility index (Phi) is 4.16. The molecule has 2 aliphatic rings. The number of hydrogen-bond acceptors (Lipinski definition) is 4. The molecular formula is C19H22N2O2. The van der Waals surface area contributed by atoms with Crippen LogP contribution in [0.2, 0.25) is 0 Å². The summed E-state index contributed by atoms with van der Waals surface area (Å²) in [5.41, 5.74) is 2.61. The number of pyridine rings is 1. The molecule has 1 saturated heterocycles. The molecule has 4 heteroatoms. The maximum Gasteiger partial charge on any atom is 0.161 e. The molecule has 1 aromatic heterocycles. The van der Waals surface area contributed by atoms with Crippen LogP contribution in [0.15, 0.2) is 42.7 Å². The molecule has 120 valence electrons. The van der Waals surface area contributed by atoms with Gasteiger partial charge in [-0.05, 0) is 48.7 Å². The average molecular weight is 310 g/mol. The quantitative estimate of drug-likeness (QED) is 0.868. The van der Waals surface area contributed by atoms with E-state index in [0.29, 0.717) is 19.3 Å². The highest BCUT2D eigenvalue weighted by molar-refractivity contribution is 5.43. The van der Waals surface area contributed by atoms with Crippen molar-refractivity contribution in [2.45, 2.75) is 31.8 Å². The summed E-state index contributed by atoms with van der Waals surface area (Å²) in [6.45, 7) is 3.35. The highest BCUT2D eigenvalue weighted by atomic mass is 16.6. The summed E-state index contributed by atoms with van der Waals surface area (Å²) in [5, 5.41) is 0. The lowest BCUT2D eigenvalue weighted by Crippen LogP contribution is -2.33. The number of ether oxygens (including phenoxy) is 2. The minimum absolute atomic E-state index is 0.464. The van der Waals surface area contributed by atoms with Gasteiger partial charge in [0.05, 0.1) is 0 Å². The van der Waals surface area contributed by atoms with Crippen LogP contribution in [0.1, 0.15) is 36.4 Å². The van der Waals surface area contributed by atoms with E-state index in [1.807, 2.05) is 24.5 Å². The van der Waals surface area contributed by atoms with Gasteiger partial charge in [-0.15, -0.1) is 0 Å². The number of benzene rings is 1. The van der Waals surface area contributed by atoms with Crippen LogP contribution in [0.3, 0.4) is 0 Å². The summed E-state index contributed by atoms with van der Waals surface area (Å²) in [4.78, 5) is 6.86. The lowest BCUT2D eigenvalue weighted by atomic mass is 9.95. The van der Waals surface area contributed by atoms with Crippen molar-refractivity contribution < 1.29 is 9.47 Å². The molecule has 1 fully saturated rings. The second-order valence-corrected chi connectivity index (χ2v) is 6.25. The van der Waals surface area contributed by atoms with Crippen molar-refractivity contribution in [1.29, 1.82) is 0 Å². The van der Waals surface area contributed by atoms with Crippen LogP contribution in [0.25, 0.3) is 0 Å². The molecule has 0 saturated carbocycles. The Morgan fingerprint density at radius 1 is 1.09 bits per heavy atom. The Morgan fingerprint density at radius 3 is 2.87 bits per heavy atom. The van der Waals surface area contributed by atoms with Gasteiger partial charge in [0.2, 0.25) is 0 Å². The van der Waals surface area contributed by atoms with Gasteiger partial charge in [-0.2, -0.15) is 0 Å². The molecule has 0 radical (unpaired) electrons. The number of fused-ring (bicyclic) bond motifs is 1. The molecule has 0 N–H and O–H groups in total. The first-order chi connectivity index (χ1) is 11.4. The molecule has 0 amide bonds. The molecule has 0 aliphatic carbocycles. The van der Waals surface area contributed by atoms with Crippen LogP contribution in [-0.2, 0) is 6.54 Å². The zero-order valence-electron chi connectivity index (χ0n) is 13.3. The molecule has 1 aromatic carbocycles. The molecule has 2 aliphatic heterocycles. The number of likely N-dealkylation sites (tertiary alicyclic amines) is 1. The van der Waals surface area contributed by atoms with Crippen LogP contribution in [0.5, 0.6) is 11.5 Å². The van der Waals surface area contributed by atoms with Gasteiger partial charge in [0.15, 0.2) is 11.5 Å². The third kappa shape index (κ3) is 3.17. The van der Waals surface area contributed by atoms with E-state index in [0.717, 1.165) is 24.6 Å². The normalized spacial score (nSPS) is 21.1. The van der Waals surface area contributed by atoms with Gasteiger partial charge < -0.3 is 9.47 Å². The van der Waals surface area contributed by atoms with Crippen molar-refractivity contribution in [2.24, 2.45) is 0 Å². The zero-order chi connectivity index (χ0) is 15.5. The minimum Gasteiger partial charge on any atom is -0.486 e. The molecule has 4 rings (SSSR count). The van der Waals surface area contributed by atoms with Crippen molar-refractivity contribution >= 4 is 0 Å². The summed E-state index contributed by atoms with van der Waals surface area (Å²) in [5.74, 6) is 1.74. The molecule has 1 atom stereocenters. The number of nitrogens with zero attached hydrogens (tertiary/aromatic N) is 2. The van der Waals surface area contributed by atoms with Crippen LogP contribution in [0.4, 0.5) is 0 Å². The van der Waals surface area contributed by atoms with Crippen molar-refractivity contribution in [3.8, 4) is 11.5 Å². The van der Waals surface area contributed by atoms with Crippen LogP contribution >= 0.6 is 0 Å². The largest absolute Gasteiger partial charge is 0.486 e. The first-order valence-corrected chi connectivity index (χ1v) is 8.43. The second-order valence-electron chi connectivity index (χ2n) is 6.25. The first kappa shape index (κ1) is 14.5. The fraction of sp³-hybridized carbons (Fsp3) is 0.421. The summed E-state index contributed by atoms with van der Waals surface area (Å²) < 4.78 is 11.3. The molecule has 23 heavy (non-hydrogen) atoms. The van der Waals surface area contributed by atoms with E-state index >= 15 is 0 Å². The number of piperidine rings is 1. The molecule has 4 nitrogen and oxygen atoms in total. The summed E-state index contributed by atoms with van der Waals surface area (Å²) in [7, 11) is 0.